The SMILES string of the molecule is CCc1[nH]c2nc(Sc3cnc4cccnc4c3)nc(N3C[C@H](N)C[C@@H]3CO)c2c1Cl. The number of H-pyrrole nitrogens is 1. The standard InChI is InChI=1S/C21H22ClN7OS/c1-2-14-18(22)17-19(26-14)27-21(28-20(17)29-9-11(23)6-12(29)10-30)31-13-7-16-15(25-8-13)4-3-5-24-16/h3-5,7-8,11-12,30H,2,6,9-10,23H2,1H3,(H,26,27,28)/t11-,12-/m1/s1. The van der Waals surface area contributed by atoms with E-state index in [-0.39, 0.29) is 18.7 Å². The molecule has 4 aromatic heterocycles. The Bertz CT molecular complexity index is 1260. The Balaban J connectivity index is 1.61. The number of rotatable bonds is 5. The second-order valence-electron chi connectivity index (χ2n) is 7.62. The number of nitrogens with one attached hydrogen (secondary N) is 1. The number of nitrogens with two attached hydrogens (primary N) is 1. The molecule has 160 valence electrons. The monoisotopic (exact) mass is 455 g/mol. The van der Waals surface area contributed by atoms with Crippen LogP contribution in [0.25, 0.3) is 22.1 Å². The van der Waals surface area contributed by atoms with Gasteiger partial charge in [0.15, 0.2) is 5.16 Å². The number of halogens is 1. The summed E-state index contributed by atoms with van der Waals surface area (Å²) in [6, 6.07) is 5.63. The number of anilines is 1. The lowest BCUT2D eigenvalue weighted by molar-refractivity contribution is 0.265. The van der Waals surface area contributed by atoms with Gasteiger partial charge in [-0.05, 0) is 42.8 Å². The summed E-state index contributed by atoms with van der Waals surface area (Å²) >= 11 is 8.10. The van der Waals surface area contributed by atoms with Gasteiger partial charge in [-0.2, -0.15) is 0 Å². The molecule has 4 aromatic rings. The van der Waals surface area contributed by atoms with E-state index in [9.17, 15) is 5.11 Å². The minimum atomic E-state index is -0.103. The molecule has 1 aliphatic rings. The van der Waals surface area contributed by atoms with Crippen LogP contribution in [0.15, 0.2) is 40.6 Å². The molecule has 0 aromatic carbocycles. The van der Waals surface area contributed by atoms with Crippen molar-refractivity contribution in [2.45, 2.75) is 41.9 Å². The van der Waals surface area contributed by atoms with Crippen molar-refractivity contribution in [2.75, 3.05) is 18.1 Å². The van der Waals surface area contributed by atoms with Crippen molar-refractivity contribution >= 4 is 51.2 Å². The number of aliphatic hydroxyl groups excluding tert-OH is 1. The highest BCUT2D eigenvalue weighted by molar-refractivity contribution is 7.99. The topological polar surface area (TPSA) is 117 Å². The minimum absolute atomic E-state index is 0.00458. The van der Waals surface area contributed by atoms with Crippen molar-refractivity contribution in [3.05, 3.63) is 41.3 Å². The summed E-state index contributed by atoms with van der Waals surface area (Å²) < 4.78 is 0. The first-order valence-corrected chi connectivity index (χ1v) is 11.4. The van der Waals surface area contributed by atoms with Gasteiger partial charge in [0.2, 0.25) is 0 Å². The van der Waals surface area contributed by atoms with Gasteiger partial charge >= 0.3 is 0 Å². The van der Waals surface area contributed by atoms with Crippen LogP contribution < -0.4 is 10.6 Å². The molecule has 0 saturated carbocycles. The summed E-state index contributed by atoms with van der Waals surface area (Å²) in [7, 11) is 0. The maximum absolute atomic E-state index is 9.91. The van der Waals surface area contributed by atoms with E-state index in [1.807, 2.05) is 25.1 Å². The number of nitrogens with zero attached hydrogens (tertiary/aromatic N) is 5. The Kier molecular flexibility index (Phi) is 5.43. The first kappa shape index (κ1) is 20.4. The van der Waals surface area contributed by atoms with E-state index in [4.69, 9.17) is 27.3 Å². The van der Waals surface area contributed by atoms with Crippen LogP contribution in [0.3, 0.4) is 0 Å². The van der Waals surface area contributed by atoms with E-state index in [1.165, 1.54) is 11.8 Å². The van der Waals surface area contributed by atoms with Gasteiger partial charge in [-0.15, -0.1) is 0 Å². The van der Waals surface area contributed by atoms with Gasteiger partial charge in [0.1, 0.15) is 11.5 Å². The van der Waals surface area contributed by atoms with Crippen LogP contribution in [0.4, 0.5) is 5.82 Å². The van der Waals surface area contributed by atoms with Crippen LogP contribution in [0.2, 0.25) is 5.02 Å². The van der Waals surface area contributed by atoms with E-state index in [0.29, 0.717) is 34.6 Å². The van der Waals surface area contributed by atoms with Gasteiger partial charge < -0.3 is 20.7 Å². The highest BCUT2D eigenvalue weighted by Gasteiger charge is 2.33. The zero-order valence-electron chi connectivity index (χ0n) is 16.9. The van der Waals surface area contributed by atoms with Gasteiger partial charge in [-0.3, -0.25) is 9.97 Å². The maximum Gasteiger partial charge on any atom is 0.196 e. The number of hydrogen-bond donors (Lipinski definition) is 3. The third kappa shape index (κ3) is 3.71. The van der Waals surface area contributed by atoms with Crippen molar-refractivity contribution in [2.24, 2.45) is 5.73 Å². The molecule has 31 heavy (non-hydrogen) atoms. The number of aromatic nitrogens is 5. The Morgan fingerprint density at radius 2 is 2.19 bits per heavy atom. The fourth-order valence-electron chi connectivity index (χ4n) is 4.05. The molecule has 0 bridgehead atoms. The first-order valence-electron chi connectivity index (χ1n) is 10.2. The molecule has 1 fully saturated rings. The second kappa shape index (κ2) is 8.23. The zero-order chi connectivity index (χ0) is 21.5. The number of aliphatic hydroxyl groups is 1. The van der Waals surface area contributed by atoms with Gasteiger partial charge in [-0.25, -0.2) is 9.97 Å². The first-order chi connectivity index (χ1) is 15.1. The summed E-state index contributed by atoms with van der Waals surface area (Å²) in [6.07, 6.45) is 5.00. The van der Waals surface area contributed by atoms with E-state index < -0.39 is 0 Å². The third-order valence-corrected chi connectivity index (χ3v) is 6.78. The van der Waals surface area contributed by atoms with Crippen molar-refractivity contribution < 1.29 is 5.11 Å². The van der Waals surface area contributed by atoms with E-state index in [1.54, 1.807) is 12.4 Å². The quantitative estimate of drug-likeness (QED) is 0.393. The van der Waals surface area contributed by atoms with Crippen LogP contribution in [0, 0.1) is 0 Å². The number of aryl methyl sites for hydroxylation is 1. The molecule has 4 N–H and O–H groups in total. The van der Waals surface area contributed by atoms with Crippen molar-refractivity contribution in [1.29, 1.82) is 0 Å². The fraction of sp³-hybridized carbons (Fsp3) is 0.333. The summed E-state index contributed by atoms with van der Waals surface area (Å²) in [5, 5.41) is 11.9. The van der Waals surface area contributed by atoms with Crippen LogP contribution in [0.5, 0.6) is 0 Å². The Morgan fingerprint density at radius 3 is 3.00 bits per heavy atom. The highest BCUT2D eigenvalue weighted by Crippen LogP contribution is 2.38. The zero-order valence-corrected chi connectivity index (χ0v) is 18.5. The summed E-state index contributed by atoms with van der Waals surface area (Å²) in [5.74, 6) is 0.701. The fourth-order valence-corrected chi connectivity index (χ4v) is 5.16. The molecule has 0 aliphatic carbocycles. The van der Waals surface area contributed by atoms with Crippen LogP contribution in [-0.2, 0) is 6.42 Å². The van der Waals surface area contributed by atoms with Gasteiger partial charge in [0.25, 0.3) is 0 Å². The molecule has 1 aliphatic heterocycles. The average molecular weight is 456 g/mol. The minimum Gasteiger partial charge on any atom is -0.394 e. The normalized spacial score (nSPS) is 19.0. The second-order valence-corrected chi connectivity index (χ2v) is 9.04. The average Bonchev–Trinajstić information content (AvgIpc) is 3.32. The van der Waals surface area contributed by atoms with Crippen LogP contribution >= 0.6 is 23.4 Å². The smallest absolute Gasteiger partial charge is 0.196 e. The van der Waals surface area contributed by atoms with E-state index in [2.05, 4.69) is 19.9 Å². The summed E-state index contributed by atoms with van der Waals surface area (Å²) in [5.41, 5.74) is 9.44. The molecular weight excluding hydrogens is 434 g/mol. The molecule has 5 rings (SSSR count). The summed E-state index contributed by atoms with van der Waals surface area (Å²) in [4.78, 5) is 24.7. The molecule has 2 atom stereocenters. The molecular formula is C21H22ClN7OS. The molecule has 0 amide bonds. The van der Waals surface area contributed by atoms with Crippen LogP contribution in [0.1, 0.15) is 19.0 Å². The molecule has 0 radical (unpaired) electrons. The number of hydrogen-bond acceptors (Lipinski definition) is 8. The molecule has 1 saturated heterocycles. The number of pyridine rings is 2. The third-order valence-electron chi connectivity index (χ3n) is 5.54. The largest absolute Gasteiger partial charge is 0.394 e. The molecule has 10 heteroatoms. The Hall–Kier alpha value is -2.46. The van der Waals surface area contributed by atoms with Gasteiger partial charge in [0.05, 0.1) is 34.1 Å². The molecule has 0 spiro atoms. The Labute approximate surface area is 188 Å². The van der Waals surface area contributed by atoms with Crippen molar-refractivity contribution in [1.82, 2.24) is 24.9 Å². The summed E-state index contributed by atoms with van der Waals surface area (Å²) in [6.45, 7) is 2.64. The lowest BCUT2D eigenvalue weighted by Gasteiger charge is -2.25. The van der Waals surface area contributed by atoms with Gasteiger partial charge in [0, 0.05) is 35.6 Å². The lowest BCUT2D eigenvalue weighted by Crippen LogP contribution is -2.33. The predicted octanol–water partition coefficient (Wildman–Crippen LogP) is 3.17. The van der Waals surface area contributed by atoms with E-state index in [0.717, 1.165) is 33.4 Å². The van der Waals surface area contributed by atoms with E-state index >= 15 is 0 Å². The highest BCUT2D eigenvalue weighted by atomic mass is 35.5. The number of aromatic amines is 1. The molecule has 0 unspecified atom stereocenters. The molecule has 8 nitrogen and oxygen atoms in total. The Morgan fingerprint density at radius 1 is 1.32 bits per heavy atom. The lowest BCUT2D eigenvalue weighted by atomic mass is 10.2. The van der Waals surface area contributed by atoms with Crippen molar-refractivity contribution in [3.63, 3.8) is 0 Å². The van der Waals surface area contributed by atoms with Crippen molar-refractivity contribution in [3.8, 4) is 0 Å². The number of fused-ring (bicyclic) bond motifs is 2. The maximum atomic E-state index is 9.91. The molecule has 5 heterocycles. The van der Waals surface area contributed by atoms with Crippen LogP contribution in [-0.4, -0.2) is 55.3 Å². The van der Waals surface area contributed by atoms with Gasteiger partial charge in [-0.1, -0.05) is 18.5 Å². The predicted molar refractivity (Wildman–Crippen MR) is 123 cm³/mol.